The van der Waals surface area contributed by atoms with Crippen LogP contribution in [0.2, 0.25) is 30.7 Å². The van der Waals surface area contributed by atoms with Crippen molar-refractivity contribution >= 4 is 53.6 Å². The van der Waals surface area contributed by atoms with Crippen molar-refractivity contribution in [2.45, 2.75) is 77.7 Å². The summed E-state index contributed by atoms with van der Waals surface area (Å²) in [6, 6.07) is 10.2. The number of halogens is 1. The van der Waals surface area contributed by atoms with Gasteiger partial charge in [-0.25, -0.2) is 14.8 Å². The van der Waals surface area contributed by atoms with Gasteiger partial charge in [0, 0.05) is 57.2 Å². The topological polar surface area (TPSA) is 135 Å². The molecule has 2 amide bonds. The first-order chi connectivity index (χ1) is 21.7. The first-order valence-electron chi connectivity index (χ1n) is 15.4. The van der Waals surface area contributed by atoms with Crippen LogP contribution in [-0.4, -0.2) is 75.8 Å². The lowest BCUT2D eigenvalue weighted by molar-refractivity contribution is 0.0199. The third kappa shape index (κ3) is 7.66. The standard InChI is InChI=1S/C33H40ClN7O4Si/c1-33(2,3)45-32(43)40-13-10-21(11-14-40)37-31(42)30-39-29-23(18-35)22(27-17-25(34)24-19-36-12-9-26(24)38-27)7-8-28(29)41(30)20-44-15-16-46(4,5)6/h7-9,12,17,19,21H,10-11,13-16,20H2,1-6H3,(H,37,42). The highest BCUT2D eigenvalue weighted by Crippen LogP contribution is 2.33. The molecule has 4 heterocycles. The van der Waals surface area contributed by atoms with Gasteiger partial charge in [0.25, 0.3) is 5.91 Å². The summed E-state index contributed by atoms with van der Waals surface area (Å²) in [5, 5.41) is 14.6. The Bertz CT molecular complexity index is 1820. The number of ether oxygens (including phenoxy) is 2. The molecule has 1 saturated heterocycles. The SMILES string of the molecule is CC(C)(C)OC(=O)N1CCC(NC(=O)c2nc3c(C#N)c(-c4cc(Cl)c5cnccc5n4)ccc3n2COCC[Si](C)(C)C)CC1. The molecule has 0 unspecified atom stereocenters. The van der Waals surface area contributed by atoms with Gasteiger partial charge in [-0.3, -0.25) is 14.3 Å². The summed E-state index contributed by atoms with van der Waals surface area (Å²) in [7, 11) is -1.34. The number of likely N-dealkylation sites (tertiary alicyclic amines) is 1. The van der Waals surface area contributed by atoms with E-state index in [1.165, 1.54) is 0 Å². The highest BCUT2D eigenvalue weighted by Gasteiger charge is 2.29. The Morgan fingerprint density at radius 2 is 1.89 bits per heavy atom. The zero-order valence-corrected chi connectivity index (χ0v) is 28.9. The Balaban J connectivity index is 1.45. The number of nitrogens with one attached hydrogen (secondary N) is 1. The zero-order valence-electron chi connectivity index (χ0n) is 27.2. The van der Waals surface area contributed by atoms with E-state index in [1.807, 2.05) is 26.8 Å². The van der Waals surface area contributed by atoms with Crippen molar-refractivity contribution in [3.05, 3.63) is 53.1 Å². The van der Waals surface area contributed by atoms with E-state index in [0.29, 0.717) is 70.8 Å². The Kier molecular flexibility index (Phi) is 9.67. The fourth-order valence-electron chi connectivity index (χ4n) is 5.31. The van der Waals surface area contributed by atoms with Crippen LogP contribution in [0, 0.1) is 11.3 Å². The van der Waals surface area contributed by atoms with Gasteiger partial charge in [-0.05, 0) is 63.9 Å². The number of imidazole rings is 1. The molecule has 0 spiro atoms. The van der Waals surface area contributed by atoms with E-state index in [0.717, 1.165) is 6.04 Å². The number of carbonyl (C=O) groups is 2. The lowest BCUT2D eigenvalue weighted by Crippen LogP contribution is -2.48. The number of nitriles is 1. The second-order valence-corrected chi connectivity index (χ2v) is 19.8. The Hall–Kier alpha value is -4.05. The van der Waals surface area contributed by atoms with Crippen LogP contribution in [0.5, 0.6) is 0 Å². The van der Waals surface area contributed by atoms with Crippen LogP contribution < -0.4 is 5.32 Å². The van der Waals surface area contributed by atoms with Crippen LogP contribution in [0.1, 0.15) is 49.8 Å². The average Bonchev–Trinajstić information content (AvgIpc) is 3.36. The summed E-state index contributed by atoms with van der Waals surface area (Å²) in [5.41, 5.74) is 2.43. The maximum Gasteiger partial charge on any atom is 0.410 e. The molecule has 1 aliphatic heterocycles. The van der Waals surface area contributed by atoms with Crippen molar-refractivity contribution in [1.82, 2.24) is 29.7 Å². The van der Waals surface area contributed by atoms with Gasteiger partial charge < -0.3 is 19.7 Å². The number of pyridine rings is 2. The smallest absolute Gasteiger partial charge is 0.410 e. The Morgan fingerprint density at radius 3 is 2.57 bits per heavy atom. The molecule has 3 aromatic heterocycles. The number of fused-ring (bicyclic) bond motifs is 2. The fourth-order valence-corrected chi connectivity index (χ4v) is 6.31. The van der Waals surface area contributed by atoms with Gasteiger partial charge >= 0.3 is 6.09 Å². The lowest BCUT2D eigenvalue weighted by Gasteiger charge is -2.33. The minimum Gasteiger partial charge on any atom is -0.444 e. The molecule has 11 nitrogen and oxygen atoms in total. The van der Waals surface area contributed by atoms with Crippen molar-refractivity contribution in [2.24, 2.45) is 0 Å². The van der Waals surface area contributed by atoms with Crippen molar-refractivity contribution in [1.29, 1.82) is 5.26 Å². The molecule has 5 rings (SSSR count). The van der Waals surface area contributed by atoms with Gasteiger partial charge in [0.1, 0.15) is 23.9 Å². The van der Waals surface area contributed by atoms with Crippen LogP contribution in [-0.2, 0) is 16.2 Å². The third-order valence-corrected chi connectivity index (χ3v) is 9.79. The van der Waals surface area contributed by atoms with Crippen LogP contribution in [0.4, 0.5) is 4.79 Å². The number of benzene rings is 1. The van der Waals surface area contributed by atoms with Crippen molar-refractivity contribution in [3.8, 4) is 17.3 Å². The quantitative estimate of drug-likeness (QED) is 0.165. The summed E-state index contributed by atoms with van der Waals surface area (Å²) < 4.78 is 13.3. The first kappa shape index (κ1) is 33.3. The number of carbonyl (C=O) groups excluding carboxylic acids is 2. The van der Waals surface area contributed by atoms with Crippen LogP contribution >= 0.6 is 11.6 Å². The van der Waals surface area contributed by atoms with Crippen LogP contribution in [0.25, 0.3) is 33.2 Å². The van der Waals surface area contributed by atoms with Crippen molar-refractivity contribution in [3.63, 3.8) is 0 Å². The molecule has 0 aliphatic carbocycles. The summed E-state index contributed by atoms with van der Waals surface area (Å²) in [4.78, 5) is 41.6. The number of rotatable bonds is 8. The van der Waals surface area contributed by atoms with Gasteiger partial charge in [0.05, 0.1) is 27.3 Å². The third-order valence-electron chi connectivity index (χ3n) is 7.77. The van der Waals surface area contributed by atoms with E-state index < -0.39 is 13.7 Å². The second-order valence-electron chi connectivity index (χ2n) is 13.8. The second kappa shape index (κ2) is 13.4. The number of piperidine rings is 1. The molecule has 0 bridgehead atoms. The predicted octanol–water partition coefficient (Wildman–Crippen LogP) is 6.61. The molecule has 0 radical (unpaired) electrons. The first-order valence-corrected chi connectivity index (χ1v) is 19.5. The molecule has 1 aliphatic rings. The Labute approximate surface area is 274 Å². The highest BCUT2D eigenvalue weighted by atomic mass is 35.5. The van der Waals surface area contributed by atoms with Gasteiger partial charge in [0.2, 0.25) is 5.82 Å². The van der Waals surface area contributed by atoms with E-state index in [1.54, 1.807) is 40.1 Å². The van der Waals surface area contributed by atoms with E-state index in [2.05, 4.69) is 36.0 Å². The minimum atomic E-state index is -1.34. The molecule has 1 N–H and O–H groups in total. The number of hydrogen-bond acceptors (Lipinski definition) is 8. The number of nitrogens with zero attached hydrogens (tertiary/aromatic N) is 6. The summed E-state index contributed by atoms with van der Waals surface area (Å²) in [6.07, 6.45) is 4.09. The molecule has 46 heavy (non-hydrogen) atoms. The molecule has 1 aromatic carbocycles. The molecule has 1 fully saturated rings. The van der Waals surface area contributed by atoms with E-state index in [4.69, 9.17) is 31.0 Å². The van der Waals surface area contributed by atoms with Crippen LogP contribution in [0.15, 0.2) is 36.7 Å². The summed E-state index contributed by atoms with van der Waals surface area (Å²) in [6.45, 7) is 13.9. The van der Waals surface area contributed by atoms with Gasteiger partial charge in [0.15, 0.2) is 0 Å². The molecular weight excluding hydrogens is 622 g/mol. The predicted molar refractivity (Wildman–Crippen MR) is 180 cm³/mol. The summed E-state index contributed by atoms with van der Waals surface area (Å²) in [5.74, 6) is -0.215. The van der Waals surface area contributed by atoms with E-state index in [-0.39, 0.29) is 36.2 Å². The van der Waals surface area contributed by atoms with Gasteiger partial charge in [-0.1, -0.05) is 31.2 Å². The maximum absolute atomic E-state index is 13.8. The summed E-state index contributed by atoms with van der Waals surface area (Å²) >= 11 is 6.57. The zero-order chi connectivity index (χ0) is 33.2. The minimum absolute atomic E-state index is 0.109. The number of aromatic nitrogens is 4. The molecule has 4 aromatic rings. The van der Waals surface area contributed by atoms with Crippen LogP contribution in [0.3, 0.4) is 0 Å². The van der Waals surface area contributed by atoms with Gasteiger partial charge in [-0.15, -0.1) is 0 Å². The highest BCUT2D eigenvalue weighted by molar-refractivity contribution is 6.76. The van der Waals surface area contributed by atoms with Crippen molar-refractivity contribution in [2.75, 3.05) is 19.7 Å². The van der Waals surface area contributed by atoms with Crippen molar-refractivity contribution < 1.29 is 19.1 Å². The average molecular weight is 662 g/mol. The molecule has 13 heteroatoms. The maximum atomic E-state index is 13.8. The fraction of sp³-hybridized carbons (Fsp3) is 0.455. The van der Waals surface area contributed by atoms with Gasteiger partial charge in [-0.2, -0.15) is 5.26 Å². The normalized spacial score (nSPS) is 14.4. The van der Waals surface area contributed by atoms with E-state index in [9.17, 15) is 14.9 Å². The number of amides is 2. The molecular formula is C33H40ClN7O4Si. The van der Waals surface area contributed by atoms with E-state index >= 15 is 0 Å². The monoisotopic (exact) mass is 661 g/mol. The lowest BCUT2D eigenvalue weighted by atomic mass is 10.0. The molecule has 242 valence electrons. The largest absolute Gasteiger partial charge is 0.444 e. The molecule has 0 saturated carbocycles. The Morgan fingerprint density at radius 1 is 1.15 bits per heavy atom. The molecule has 0 atom stereocenters. The number of hydrogen-bond donors (Lipinski definition) is 1.